The summed E-state index contributed by atoms with van der Waals surface area (Å²) in [7, 11) is 4.74. The van der Waals surface area contributed by atoms with E-state index in [0.717, 1.165) is 0 Å². The van der Waals surface area contributed by atoms with Crippen LogP contribution >= 0.6 is 67.8 Å². The summed E-state index contributed by atoms with van der Waals surface area (Å²) in [6, 6.07) is 0. The molecule has 0 saturated carbocycles. The van der Waals surface area contributed by atoms with Crippen LogP contribution < -0.4 is 5.32 Å². The van der Waals surface area contributed by atoms with Gasteiger partial charge in [0, 0.05) is 24.7 Å². The minimum atomic E-state index is -0.338. The molecule has 21 heavy (non-hydrogen) atoms. The second-order valence-electron chi connectivity index (χ2n) is 4.02. The number of amides is 2. The van der Waals surface area contributed by atoms with Gasteiger partial charge in [-0.2, -0.15) is 4.99 Å². The Balaban J connectivity index is 3.89. The fraction of sp³-hybridized carbons (Fsp3) is 0.250. The van der Waals surface area contributed by atoms with Gasteiger partial charge >= 0.3 is 0 Å². The van der Waals surface area contributed by atoms with Crippen molar-refractivity contribution in [1.29, 1.82) is 0 Å². The number of hydrogen-bond donors (Lipinski definition) is 1. The van der Waals surface area contributed by atoms with Crippen LogP contribution in [0.5, 0.6) is 0 Å². The van der Waals surface area contributed by atoms with Crippen molar-refractivity contribution in [3.8, 4) is 0 Å². The molecule has 1 rings (SSSR count). The molecule has 0 fully saturated rings. The van der Waals surface area contributed by atoms with Crippen LogP contribution in [0, 0.1) is 10.7 Å². The number of carbonyl (C=O) groups excluding carboxylic acids is 3. The molecule has 0 heterocycles. The predicted octanol–water partition coefficient (Wildman–Crippen LogP) is 2.53. The van der Waals surface area contributed by atoms with E-state index in [0.29, 0.717) is 21.8 Å². The minimum Gasteiger partial charge on any atom is -0.355 e. The van der Waals surface area contributed by atoms with Crippen molar-refractivity contribution < 1.29 is 14.4 Å². The van der Waals surface area contributed by atoms with Crippen molar-refractivity contribution in [3.05, 3.63) is 21.8 Å². The Hall–Kier alpha value is -0.270. The van der Waals surface area contributed by atoms with Crippen molar-refractivity contribution in [2.75, 3.05) is 21.1 Å². The Morgan fingerprint density at radius 2 is 1.62 bits per heavy atom. The number of carbonyl (C=O) groups is 2. The topological polar surface area (TPSA) is 78.8 Å². The lowest BCUT2D eigenvalue weighted by atomic mass is 10.1. The maximum absolute atomic E-state index is 12.4. The third-order valence-corrected chi connectivity index (χ3v) is 5.70. The first-order valence-corrected chi connectivity index (χ1v) is 8.73. The van der Waals surface area contributed by atoms with Crippen molar-refractivity contribution in [3.63, 3.8) is 0 Å². The zero-order valence-corrected chi connectivity index (χ0v) is 17.7. The molecule has 0 atom stereocenters. The molecule has 9 heteroatoms. The SMILES string of the molecule is CNC(=O)c1c(I)c(N=C=O)c(I)c(C(=O)N(C)C)c1I. The summed E-state index contributed by atoms with van der Waals surface area (Å²) >= 11 is 5.86. The lowest BCUT2D eigenvalue weighted by Gasteiger charge is -2.18. The van der Waals surface area contributed by atoms with Gasteiger partial charge in [-0.3, -0.25) is 9.59 Å². The molecule has 0 aliphatic heterocycles. The molecule has 2 amide bonds. The van der Waals surface area contributed by atoms with Gasteiger partial charge in [0.1, 0.15) is 5.69 Å². The maximum Gasteiger partial charge on any atom is 0.255 e. The number of isocyanates is 1. The normalized spacial score (nSPS) is 9.81. The molecule has 0 bridgehead atoms. The van der Waals surface area contributed by atoms with E-state index in [2.05, 4.69) is 10.3 Å². The highest BCUT2D eigenvalue weighted by atomic mass is 127. The number of nitrogens with zero attached hydrogens (tertiary/aromatic N) is 2. The average molecular weight is 625 g/mol. The summed E-state index contributed by atoms with van der Waals surface area (Å²) in [5.74, 6) is -0.594. The fourth-order valence-corrected chi connectivity index (χ4v) is 5.89. The van der Waals surface area contributed by atoms with Crippen molar-refractivity contribution in [2.24, 2.45) is 4.99 Å². The summed E-state index contributed by atoms with van der Waals surface area (Å²) in [6.45, 7) is 0. The van der Waals surface area contributed by atoms with Crippen LogP contribution in [0.25, 0.3) is 0 Å². The van der Waals surface area contributed by atoms with E-state index in [9.17, 15) is 14.4 Å². The first-order valence-electron chi connectivity index (χ1n) is 5.49. The van der Waals surface area contributed by atoms with E-state index < -0.39 is 0 Å². The van der Waals surface area contributed by atoms with Gasteiger partial charge < -0.3 is 10.2 Å². The number of nitrogens with one attached hydrogen (secondary N) is 1. The van der Waals surface area contributed by atoms with E-state index in [1.807, 2.05) is 67.8 Å². The van der Waals surface area contributed by atoms with Crippen LogP contribution in [0.15, 0.2) is 4.99 Å². The van der Waals surface area contributed by atoms with Gasteiger partial charge in [-0.05, 0) is 67.8 Å². The zero-order valence-electron chi connectivity index (χ0n) is 11.3. The summed E-state index contributed by atoms with van der Waals surface area (Å²) in [6.07, 6.45) is 1.47. The monoisotopic (exact) mass is 625 g/mol. The number of halogens is 3. The second kappa shape index (κ2) is 7.83. The van der Waals surface area contributed by atoms with Gasteiger partial charge in [-0.25, -0.2) is 4.79 Å². The molecule has 0 aromatic heterocycles. The summed E-state index contributed by atoms with van der Waals surface area (Å²) in [5.41, 5.74) is 0.975. The van der Waals surface area contributed by atoms with Crippen LogP contribution in [0.3, 0.4) is 0 Å². The van der Waals surface area contributed by atoms with Gasteiger partial charge in [-0.15, -0.1) is 0 Å². The number of benzene rings is 1. The molecule has 0 spiro atoms. The highest BCUT2D eigenvalue weighted by Crippen LogP contribution is 2.37. The van der Waals surface area contributed by atoms with E-state index >= 15 is 0 Å². The number of hydrogen-bond acceptors (Lipinski definition) is 4. The Kier molecular flexibility index (Phi) is 7.00. The molecule has 1 aromatic rings. The van der Waals surface area contributed by atoms with E-state index in [4.69, 9.17) is 0 Å². The Morgan fingerprint density at radius 1 is 1.10 bits per heavy atom. The third kappa shape index (κ3) is 3.74. The van der Waals surface area contributed by atoms with Crippen LogP contribution in [0.2, 0.25) is 0 Å². The summed E-state index contributed by atoms with van der Waals surface area (Å²) in [5, 5.41) is 2.53. The average Bonchev–Trinajstić information content (AvgIpc) is 2.42. The standard InChI is InChI=1S/C12H10I3N3O3/c1-16-11(20)5-7(13)6(12(21)18(2)3)9(15)10(8(5)14)17-4-19/h1-3H3,(H,16,20). The highest BCUT2D eigenvalue weighted by Gasteiger charge is 2.28. The zero-order chi connectivity index (χ0) is 16.3. The lowest BCUT2D eigenvalue weighted by Crippen LogP contribution is -2.27. The molecule has 0 aliphatic rings. The first kappa shape index (κ1) is 18.8. The number of rotatable bonds is 3. The first-order chi connectivity index (χ1) is 9.77. The maximum atomic E-state index is 12.4. The molecule has 0 saturated heterocycles. The third-order valence-electron chi connectivity index (χ3n) is 2.53. The van der Waals surface area contributed by atoms with Gasteiger partial charge in [0.2, 0.25) is 6.08 Å². The molecule has 0 unspecified atom stereocenters. The Bertz CT molecular complexity index is 668. The molecule has 0 radical (unpaired) electrons. The van der Waals surface area contributed by atoms with Crippen molar-refractivity contribution in [2.45, 2.75) is 0 Å². The number of aliphatic imine (C=N–C) groups is 1. The van der Waals surface area contributed by atoms with Gasteiger partial charge in [-0.1, -0.05) is 0 Å². The van der Waals surface area contributed by atoms with E-state index in [-0.39, 0.29) is 17.5 Å². The molecule has 1 N–H and O–H groups in total. The van der Waals surface area contributed by atoms with E-state index in [1.165, 1.54) is 18.0 Å². The Labute approximate surface area is 162 Å². The largest absolute Gasteiger partial charge is 0.355 e. The van der Waals surface area contributed by atoms with Crippen LogP contribution in [0.4, 0.5) is 5.69 Å². The van der Waals surface area contributed by atoms with Gasteiger partial charge in [0.05, 0.1) is 18.3 Å². The van der Waals surface area contributed by atoms with Crippen LogP contribution in [-0.2, 0) is 4.79 Å². The second-order valence-corrected chi connectivity index (χ2v) is 7.26. The van der Waals surface area contributed by atoms with Crippen molar-refractivity contribution in [1.82, 2.24) is 10.2 Å². The summed E-state index contributed by atoms with van der Waals surface area (Å²) < 4.78 is 1.57. The fourth-order valence-electron chi connectivity index (χ4n) is 1.53. The quantitative estimate of drug-likeness (QED) is 0.319. The predicted molar refractivity (Wildman–Crippen MR) is 104 cm³/mol. The summed E-state index contributed by atoms with van der Waals surface area (Å²) in [4.78, 5) is 40.1. The van der Waals surface area contributed by atoms with Crippen LogP contribution in [0.1, 0.15) is 20.7 Å². The van der Waals surface area contributed by atoms with E-state index in [1.54, 1.807) is 14.1 Å². The van der Waals surface area contributed by atoms with Crippen molar-refractivity contribution >= 4 is 91.4 Å². The molecular weight excluding hydrogens is 615 g/mol. The Morgan fingerprint density at radius 3 is 2.05 bits per heavy atom. The molecular formula is C12H10I3N3O3. The minimum absolute atomic E-state index is 0.257. The van der Waals surface area contributed by atoms with Gasteiger partial charge in [0.25, 0.3) is 11.8 Å². The smallest absolute Gasteiger partial charge is 0.255 e. The van der Waals surface area contributed by atoms with Gasteiger partial charge in [0.15, 0.2) is 0 Å². The molecule has 0 aliphatic carbocycles. The lowest BCUT2D eigenvalue weighted by molar-refractivity contribution is 0.0825. The molecule has 6 nitrogen and oxygen atoms in total. The highest BCUT2D eigenvalue weighted by molar-refractivity contribution is 14.1. The van der Waals surface area contributed by atoms with Crippen LogP contribution in [-0.4, -0.2) is 43.9 Å². The molecule has 112 valence electrons. The molecule has 1 aromatic carbocycles.